The van der Waals surface area contributed by atoms with Crippen LogP contribution >= 0.6 is 0 Å². The Bertz CT molecular complexity index is 222. The number of aliphatic hydroxyl groups is 1. The Morgan fingerprint density at radius 2 is 2.14 bits per heavy atom. The maximum absolute atomic E-state index is 10.7. The summed E-state index contributed by atoms with van der Waals surface area (Å²) in [5.74, 6) is -0.662. The molecule has 0 aromatic carbocycles. The van der Waals surface area contributed by atoms with Gasteiger partial charge in [0.15, 0.2) is 5.79 Å². The second-order valence-corrected chi connectivity index (χ2v) is 4.75. The predicted molar refractivity (Wildman–Crippen MR) is 50.8 cm³/mol. The van der Waals surface area contributed by atoms with Crippen LogP contribution in [0.5, 0.6) is 0 Å². The van der Waals surface area contributed by atoms with E-state index in [0.29, 0.717) is 6.61 Å². The molecule has 0 radical (unpaired) electrons. The van der Waals surface area contributed by atoms with Gasteiger partial charge in [0.1, 0.15) is 12.4 Å². The Kier molecular flexibility index (Phi) is 2.99. The SMILES string of the molecule is CC1(C)OC[C@H](C(O)C(C)(C)C=O)O1. The zero-order valence-electron chi connectivity index (χ0n) is 9.11. The minimum absolute atomic E-state index is 0.325. The van der Waals surface area contributed by atoms with E-state index in [4.69, 9.17) is 9.47 Å². The van der Waals surface area contributed by atoms with E-state index in [9.17, 15) is 9.90 Å². The fourth-order valence-corrected chi connectivity index (χ4v) is 1.42. The second kappa shape index (κ2) is 3.61. The molecule has 4 heteroatoms. The molecule has 0 aromatic heterocycles. The highest BCUT2D eigenvalue weighted by Crippen LogP contribution is 2.30. The van der Waals surface area contributed by atoms with Gasteiger partial charge in [-0.25, -0.2) is 0 Å². The van der Waals surface area contributed by atoms with Crippen LogP contribution in [0, 0.1) is 5.41 Å². The lowest BCUT2D eigenvalue weighted by Crippen LogP contribution is -2.42. The molecule has 0 aromatic rings. The molecule has 1 rings (SSSR count). The minimum atomic E-state index is -0.832. The first kappa shape index (κ1) is 11.6. The summed E-state index contributed by atoms with van der Waals surface area (Å²) in [6, 6.07) is 0. The van der Waals surface area contributed by atoms with Crippen molar-refractivity contribution in [3.63, 3.8) is 0 Å². The second-order valence-electron chi connectivity index (χ2n) is 4.75. The number of rotatable bonds is 3. The number of aldehydes is 1. The van der Waals surface area contributed by atoms with Gasteiger partial charge in [0.25, 0.3) is 0 Å². The first-order chi connectivity index (χ1) is 6.28. The summed E-state index contributed by atoms with van der Waals surface area (Å²) in [4.78, 5) is 10.7. The Morgan fingerprint density at radius 3 is 2.50 bits per heavy atom. The summed E-state index contributed by atoms with van der Waals surface area (Å²) >= 11 is 0. The largest absolute Gasteiger partial charge is 0.389 e. The highest BCUT2D eigenvalue weighted by atomic mass is 16.7. The molecule has 0 bridgehead atoms. The van der Waals surface area contributed by atoms with Gasteiger partial charge < -0.3 is 19.4 Å². The van der Waals surface area contributed by atoms with E-state index >= 15 is 0 Å². The lowest BCUT2D eigenvalue weighted by atomic mass is 9.85. The standard InChI is InChI=1S/C10H18O4/c1-9(2,6-11)8(12)7-5-13-10(3,4)14-7/h6-8,12H,5H2,1-4H3/t7-,8?/m1/s1. The average molecular weight is 202 g/mol. The van der Waals surface area contributed by atoms with Gasteiger partial charge in [-0.2, -0.15) is 0 Å². The third-order valence-electron chi connectivity index (χ3n) is 2.45. The van der Waals surface area contributed by atoms with E-state index in [0.717, 1.165) is 6.29 Å². The molecule has 82 valence electrons. The fraction of sp³-hybridized carbons (Fsp3) is 0.900. The van der Waals surface area contributed by atoms with Gasteiger partial charge in [-0.1, -0.05) is 13.8 Å². The summed E-state index contributed by atoms with van der Waals surface area (Å²) < 4.78 is 10.8. The molecule has 1 N–H and O–H groups in total. The number of hydrogen-bond donors (Lipinski definition) is 1. The third kappa shape index (κ3) is 2.32. The van der Waals surface area contributed by atoms with Crippen LogP contribution < -0.4 is 0 Å². The van der Waals surface area contributed by atoms with Crippen LogP contribution in [0.2, 0.25) is 0 Å². The van der Waals surface area contributed by atoms with Crippen LogP contribution in [0.15, 0.2) is 0 Å². The van der Waals surface area contributed by atoms with Crippen LogP contribution in [0.1, 0.15) is 27.7 Å². The number of carbonyl (C=O) groups excluding carboxylic acids is 1. The van der Waals surface area contributed by atoms with E-state index in [1.807, 2.05) is 0 Å². The van der Waals surface area contributed by atoms with Crippen LogP contribution in [0.3, 0.4) is 0 Å². The van der Waals surface area contributed by atoms with Gasteiger partial charge in [0, 0.05) is 5.41 Å². The Hall–Kier alpha value is -0.450. The number of hydrogen-bond acceptors (Lipinski definition) is 4. The van der Waals surface area contributed by atoms with Gasteiger partial charge in [-0.15, -0.1) is 0 Å². The maximum atomic E-state index is 10.7. The van der Waals surface area contributed by atoms with Gasteiger partial charge >= 0.3 is 0 Å². The summed E-state index contributed by atoms with van der Waals surface area (Å²) in [5.41, 5.74) is -0.797. The van der Waals surface area contributed by atoms with E-state index in [-0.39, 0.29) is 0 Å². The molecule has 2 atom stereocenters. The van der Waals surface area contributed by atoms with E-state index in [1.54, 1.807) is 27.7 Å². The van der Waals surface area contributed by atoms with E-state index < -0.39 is 23.4 Å². The summed E-state index contributed by atoms with van der Waals surface area (Å²) in [5, 5.41) is 9.87. The summed E-state index contributed by atoms with van der Waals surface area (Å²) in [6.07, 6.45) is -0.515. The molecule has 4 nitrogen and oxygen atoms in total. The van der Waals surface area contributed by atoms with Crippen molar-refractivity contribution in [3.05, 3.63) is 0 Å². The Morgan fingerprint density at radius 1 is 1.57 bits per heavy atom. The summed E-state index contributed by atoms with van der Waals surface area (Å²) in [7, 11) is 0. The zero-order valence-corrected chi connectivity index (χ0v) is 9.11. The molecule has 0 aliphatic carbocycles. The van der Waals surface area contributed by atoms with Crippen LogP contribution in [0.4, 0.5) is 0 Å². The van der Waals surface area contributed by atoms with Crippen LogP contribution in [0.25, 0.3) is 0 Å². The molecule has 0 spiro atoms. The number of carbonyl (C=O) groups is 1. The molecule has 0 amide bonds. The molecule has 1 unspecified atom stereocenters. The Balaban J connectivity index is 2.64. The quantitative estimate of drug-likeness (QED) is 0.685. The maximum Gasteiger partial charge on any atom is 0.163 e. The van der Waals surface area contributed by atoms with E-state index in [1.165, 1.54) is 0 Å². The summed E-state index contributed by atoms with van der Waals surface area (Å²) in [6.45, 7) is 7.26. The van der Waals surface area contributed by atoms with Gasteiger partial charge in [0.05, 0.1) is 12.7 Å². The van der Waals surface area contributed by atoms with Crippen molar-refractivity contribution >= 4 is 6.29 Å². The van der Waals surface area contributed by atoms with Gasteiger partial charge in [-0.05, 0) is 13.8 Å². The van der Waals surface area contributed by atoms with Crippen LogP contribution in [-0.4, -0.2) is 36.0 Å². The number of ether oxygens (including phenoxy) is 2. The highest BCUT2D eigenvalue weighted by molar-refractivity contribution is 5.59. The topological polar surface area (TPSA) is 55.8 Å². The van der Waals surface area contributed by atoms with Crippen molar-refractivity contribution in [3.8, 4) is 0 Å². The number of aliphatic hydroxyl groups excluding tert-OH is 1. The molecule has 0 saturated carbocycles. The molecule has 1 fully saturated rings. The fourth-order valence-electron chi connectivity index (χ4n) is 1.42. The van der Waals surface area contributed by atoms with Crippen molar-refractivity contribution in [1.29, 1.82) is 0 Å². The van der Waals surface area contributed by atoms with Gasteiger partial charge in [0.2, 0.25) is 0 Å². The van der Waals surface area contributed by atoms with Crippen molar-refractivity contribution in [2.75, 3.05) is 6.61 Å². The smallest absolute Gasteiger partial charge is 0.163 e. The third-order valence-corrected chi connectivity index (χ3v) is 2.45. The monoisotopic (exact) mass is 202 g/mol. The van der Waals surface area contributed by atoms with Crippen LogP contribution in [-0.2, 0) is 14.3 Å². The predicted octanol–water partition coefficient (Wildman–Crippen LogP) is 0.724. The van der Waals surface area contributed by atoms with E-state index in [2.05, 4.69) is 0 Å². The molecular formula is C10H18O4. The first-order valence-electron chi connectivity index (χ1n) is 4.75. The van der Waals surface area contributed by atoms with Crippen molar-refractivity contribution in [2.24, 2.45) is 5.41 Å². The van der Waals surface area contributed by atoms with Crippen molar-refractivity contribution < 1.29 is 19.4 Å². The minimum Gasteiger partial charge on any atom is -0.389 e. The molecule has 1 aliphatic rings. The molecule has 14 heavy (non-hydrogen) atoms. The average Bonchev–Trinajstić information content (AvgIpc) is 2.44. The van der Waals surface area contributed by atoms with Crippen molar-refractivity contribution in [2.45, 2.75) is 45.7 Å². The zero-order chi connectivity index (χ0) is 11.0. The lowest BCUT2D eigenvalue weighted by Gasteiger charge is -2.28. The Labute approximate surface area is 84.2 Å². The highest BCUT2D eigenvalue weighted by Gasteiger charge is 2.42. The normalized spacial score (nSPS) is 28.8. The lowest BCUT2D eigenvalue weighted by molar-refractivity contribution is -0.162. The van der Waals surface area contributed by atoms with Gasteiger partial charge in [-0.3, -0.25) is 0 Å². The molecule has 1 saturated heterocycles. The van der Waals surface area contributed by atoms with Crippen molar-refractivity contribution in [1.82, 2.24) is 0 Å². The first-order valence-corrected chi connectivity index (χ1v) is 4.75. The molecule has 1 heterocycles. The molecule has 1 aliphatic heterocycles. The molecular weight excluding hydrogens is 184 g/mol.